The zero-order valence-corrected chi connectivity index (χ0v) is 11.4. The van der Waals surface area contributed by atoms with Crippen LogP contribution >= 0.6 is 0 Å². The fraction of sp³-hybridized carbons (Fsp3) is 0.267. The van der Waals surface area contributed by atoms with E-state index in [-0.39, 0.29) is 17.9 Å². The first kappa shape index (κ1) is 13.5. The van der Waals surface area contributed by atoms with Crippen molar-refractivity contribution in [3.05, 3.63) is 54.2 Å². The average Bonchev–Trinajstić information content (AvgIpc) is 3.00. The molecule has 0 unspecified atom stereocenters. The van der Waals surface area contributed by atoms with E-state index in [1.807, 2.05) is 12.1 Å². The van der Waals surface area contributed by atoms with E-state index in [0.29, 0.717) is 6.54 Å². The van der Waals surface area contributed by atoms with Gasteiger partial charge in [0.15, 0.2) is 11.6 Å². The van der Waals surface area contributed by atoms with Crippen LogP contribution in [0.1, 0.15) is 24.4 Å². The van der Waals surface area contributed by atoms with Gasteiger partial charge in [0.2, 0.25) is 0 Å². The molecule has 3 heterocycles. The number of carbonyl (C=O) groups excluding carboxylic acids is 1. The van der Waals surface area contributed by atoms with E-state index in [1.54, 1.807) is 17.3 Å². The highest BCUT2D eigenvalue weighted by Crippen LogP contribution is 2.31. The minimum atomic E-state index is -0.537. The van der Waals surface area contributed by atoms with E-state index >= 15 is 0 Å². The molecule has 0 aromatic carbocycles. The second kappa shape index (κ2) is 5.87. The van der Waals surface area contributed by atoms with E-state index in [4.69, 9.17) is 0 Å². The smallest absolute Gasteiger partial charge is 0.317 e. The molecule has 0 aliphatic carbocycles. The van der Waals surface area contributed by atoms with Crippen LogP contribution < -0.4 is 5.32 Å². The summed E-state index contributed by atoms with van der Waals surface area (Å²) in [5.41, 5.74) is 1.04. The van der Waals surface area contributed by atoms with Crippen molar-refractivity contribution in [2.45, 2.75) is 18.9 Å². The Bertz CT molecular complexity index is 635. The summed E-state index contributed by atoms with van der Waals surface area (Å²) < 4.78 is 13.6. The number of halogens is 1. The third-order valence-electron chi connectivity index (χ3n) is 3.59. The molecular weight excluding hydrogens is 271 g/mol. The quantitative estimate of drug-likeness (QED) is 0.923. The molecule has 3 rings (SSSR count). The summed E-state index contributed by atoms with van der Waals surface area (Å²) in [7, 11) is 0. The van der Waals surface area contributed by atoms with Crippen LogP contribution in [0.2, 0.25) is 0 Å². The first-order valence-electron chi connectivity index (χ1n) is 6.84. The number of likely N-dealkylation sites (tertiary alicyclic amines) is 1. The second-order valence-electron chi connectivity index (χ2n) is 4.90. The first-order valence-corrected chi connectivity index (χ1v) is 6.84. The monoisotopic (exact) mass is 286 g/mol. The Labute approximate surface area is 121 Å². The number of nitrogens with zero attached hydrogens (tertiary/aromatic N) is 3. The van der Waals surface area contributed by atoms with Crippen LogP contribution in [-0.2, 0) is 0 Å². The predicted octanol–water partition coefficient (Wildman–Crippen LogP) is 2.98. The van der Waals surface area contributed by atoms with Gasteiger partial charge in [0, 0.05) is 25.1 Å². The number of urea groups is 1. The maximum atomic E-state index is 13.6. The van der Waals surface area contributed by atoms with Crippen LogP contribution in [0, 0.1) is 5.82 Å². The SMILES string of the molecule is O=C(Nc1ncccc1F)N1CCC[C@H]1c1ccncc1. The molecule has 5 nitrogen and oxygen atoms in total. The highest BCUT2D eigenvalue weighted by Gasteiger charge is 2.30. The fourth-order valence-corrected chi connectivity index (χ4v) is 2.59. The number of nitrogens with one attached hydrogen (secondary N) is 1. The van der Waals surface area contributed by atoms with Crippen molar-refractivity contribution in [1.29, 1.82) is 0 Å². The summed E-state index contributed by atoms with van der Waals surface area (Å²) in [4.78, 5) is 21.9. The summed E-state index contributed by atoms with van der Waals surface area (Å²) in [5, 5.41) is 2.54. The number of rotatable bonds is 2. The fourth-order valence-electron chi connectivity index (χ4n) is 2.59. The van der Waals surface area contributed by atoms with Crippen LogP contribution in [0.15, 0.2) is 42.9 Å². The number of amides is 2. The highest BCUT2D eigenvalue weighted by molar-refractivity contribution is 5.88. The number of hydrogen-bond acceptors (Lipinski definition) is 3. The molecule has 2 aromatic rings. The summed E-state index contributed by atoms with van der Waals surface area (Å²) in [6.07, 6.45) is 6.68. The summed E-state index contributed by atoms with van der Waals surface area (Å²) in [6, 6.07) is 6.23. The topological polar surface area (TPSA) is 58.1 Å². The van der Waals surface area contributed by atoms with Crippen LogP contribution in [0.4, 0.5) is 15.0 Å². The van der Waals surface area contributed by atoms with Crippen LogP contribution in [0.3, 0.4) is 0 Å². The minimum absolute atomic E-state index is 0.000210. The van der Waals surface area contributed by atoms with Crippen molar-refractivity contribution in [3.63, 3.8) is 0 Å². The lowest BCUT2D eigenvalue weighted by molar-refractivity contribution is 0.207. The van der Waals surface area contributed by atoms with Crippen molar-refractivity contribution in [2.75, 3.05) is 11.9 Å². The van der Waals surface area contributed by atoms with Gasteiger partial charge in [-0.25, -0.2) is 14.2 Å². The number of anilines is 1. The zero-order valence-electron chi connectivity index (χ0n) is 11.4. The van der Waals surface area contributed by atoms with E-state index in [0.717, 1.165) is 18.4 Å². The zero-order chi connectivity index (χ0) is 14.7. The first-order chi connectivity index (χ1) is 10.3. The lowest BCUT2D eigenvalue weighted by Crippen LogP contribution is -2.34. The van der Waals surface area contributed by atoms with Gasteiger partial charge in [-0.2, -0.15) is 0 Å². The molecule has 108 valence electrons. The van der Waals surface area contributed by atoms with Gasteiger partial charge in [0.1, 0.15) is 0 Å². The van der Waals surface area contributed by atoms with Crippen molar-refractivity contribution < 1.29 is 9.18 Å². The Balaban J connectivity index is 1.76. The van der Waals surface area contributed by atoms with Gasteiger partial charge in [-0.15, -0.1) is 0 Å². The molecule has 1 fully saturated rings. The number of pyridine rings is 2. The Morgan fingerprint density at radius 2 is 2.10 bits per heavy atom. The Hall–Kier alpha value is -2.50. The lowest BCUT2D eigenvalue weighted by Gasteiger charge is -2.25. The van der Waals surface area contributed by atoms with Crippen LogP contribution in [-0.4, -0.2) is 27.4 Å². The summed E-state index contributed by atoms with van der Waals surface area (Å²) >= 11 is 0. The molecule has 21 heavy (non-hydrogen) atoms. The van der Waals surface area contributed by atoms with Gasteiger partial charge in [-0.3, -0.25) is 10.3 Å². The Kier molecular flexibility index (Phi) is 3.77. The van der Waals surface area contributed by atoms with E-state index in [2.05, 4.69) is 15.3 Å². The molecule has 0 radical (unpaired) electrons. The molecule has 1 saturated heterocycles. The molecule has 0 bridgehead atoms. The largest absolute Gasteiger partial charge is 0.323 e. The normalized spacial score (nSPS) is 17.8. The summed E-state index contributed by atoms with van der Waals surface area (Å²) in [5.74, 6) is -0.576. The van der Waals surface area contributed by atoms with Gasteiger partial charge in [-0.1, -0.05) is 0 Å². The molecule has 2 amide bonds. The maximum absolute atomic E-state index is 13.6. The predicted molar refractivity (Wildman–Crippen MR) is 76.1 cm³/mol. The molecule has 1 N–H and O–H groups in total. The Morgan fingerprint density at radius 3 is 2.86 bits per heavy atom. The number of aromatic nitrogens is 2. The van der Waals surface area contributed by atoms with Crippen molar-refractivity contribution >= 4 is 11.8 Å². The van der Waals surface area contributed by atoms with Crippen LogP contribution in [0.25, 0.3) is 0 Å². The third-order valence-corrected chi connectivity index (χ3v) is 3.59. The second-order valence-corrected chi connectivity index (χ2v) is 4.90. The van der Waals surface area contributed by atoms with Crippen molar-refractivity contribution in [1.82, 2.24) is 14.9 Å². The van der Waals surface area contributed by atoms with Gasteiger partial charge in [0.25, 0.3) is 0 Å². The van der Waals surface area contributed by atoms with Gasteiger partial charge in [-0.05, 0) is 42.7 Å². The van der Waals surface area contributed by atoms with Crippen molar-refractivity contribution in [2.24, 2.45) is 0 Å². The minimum Gasteiger partial charge on any atom is -0.317 e. The molecule has 6 heteroatoms. The Morgan fingerprint density at radius 1 is 1.29 bits per heavy atom. The molecule has 0 saturated carbocycles. The maximum Gasteiger partial charge on any atom is 0.323 e. The highest BCUT2D eigenvalue weighted by atomic mass is 19.1. The van der Waals surface area contributed by atoms with Gasteiger partial charge < -0.3 is 4.90 Å². The standard InChI is InChI=1S/C15H15FN4O/c16-12-3-1-7-18-14(12)19-15(21)20-10-2-4-13(20)11-5-8-17-9-6-11/h1,3,5-9,13H,2,4,10H2,(H,18,19,21)/t13-/m0/s1. The number of carbonyl (C=O) groups is 1. The van der Waals surface area contributed by atoms with E-state index < -0.39 is 5.82 Å². The molecule has 2 aromatic heterocycles. The number of hydrogen-bond donors (Lipinski definition) is 1. The van der Waals surface area contributed by atoms with Crippen LogP contribution in [0.5, 0.6) is 0 Å². The molecule has 1 aliphatic rings. The molecule has 1 atom stereocenters. The van der Waals surface area contributed by atoms with Gasteiger partial charge >= 0.3 is 6.03 Å². The summed E-state index contributed by atoms with van der Waals surface area (Å²) in [6.45, 7) is 0.646. The van der Waals surface area contributed by atoms with Crippen molar-refractivity contribution in [3.8, 4) is 0 Å². The molecule has 0 spiro atoms. The lowest BCUT2D eigenvalue weighted by atomic mass is 10.1. The molecular formula is C15H15FN4O. The third kappa shape index (κ3) is 2.84. The van der Waals surface area contributed by atoms with Gasteiger partial charge in [0.05, 0.1) is 6.04 Å². The molecule has 1 aliphatic heterocycles. The van der Waals surface area contributed by atoms with E-state index in [9.17, 15) is 9.18 Å². The average molecular weight is 286 g/mol. The van der Waals surface area contributed by atoms with E-state index in [1.165, 1.54) is 18.3 Å².